The summed E-state index contributed by atoms with van der Waals surface area (Å²) < 4.78 is 0. The van der Waals surface area contributed by atoms with Crippen LogP contribution in [-0.4, -0.2) is 17.9 Å². The minimum Gasteiger partial charge on any atom is -0.354 e. The molecule has 134 valence electrons. The van der Waals surface area contributed by atoms with Crippen molar-refractivity contribution in [3.63, 3.8) is 0 Å². The summed E-state index contributed by atoms with van der Waals surface area (Å²) in [5.74, 6) is 0.399. The fourth-order valence-electron chi connectivity index (χ4n) is 3.37. The summed E-state index contributed by atoms with van der Waals surface area (Å²) in [5.41, 5.74) is 5.31. The number of fused-ring (bicyclic) bond motifs is 1. The van der Waals surface area contributed by atoms with Gasteiger partial charge in [-0.3, -0.25) is 4.79 Å². The summed E-state index contributed by atoms with van der Waals surface area (Å²) in [6.07, 6.45) is 1.03. The largest absolute Gasteiger partial charge is 0.354 e. The van der Waals surface area contributed by atoms with Gasteiger partial charge in [0.15, 0.2) is 0 Å². The van der Waals surface area contributed by atoms with Crippen molar-refractivity contribution in [1.29, 1.82) is 0 Å². The van der Waals surface area contributed by atoms with Gasteiger partial charge >= 0.3 is 0 Å². The van der Waals surface area contributed by atoms with Crippen LogP contribution in [-0.2, 0) is 5.88 Å². The minimum absolute atomic E-state index is 0.214. The number of aromatic nitrogens is 1. The fraction of sp³-hybridized carbons (Fsp3) is 0.273. The number of alkyl halides is 1. The predicted octanol–water partition coefficient (Wildman–Crippen LogP) is 5.51. The van der Waals surface area contributed by atoms with Crippen LogP contribution >= 0.6 is 11.6 Å². The Balaban J connectivity index is 2.50. The van der Waals surface area contributed by atoms with Crippen LogP contribution in [0.4, 0.5) is 0 Å². The molecule has 1 amide bonds. The molecule has 0 saturated heterocycles. The molecule has 0 spiro atoms. The standard InChI is InChI=1S/C22H23ClN2O/c1-4-14(2)16-11-8-12-18-20(16)19(15-9-6-5-7-10-15)17(13-23)21(25-18)22(26)24-3/h5-12,14H,4,13H2,1-3H3,(H,24,26). The van der Waals surface area contributed by atoms with E-state index in [0.29, 0.717) is 11.6 Å². The van der Waals surface area contributed by atoms with Crippen LogP contribution in [0.25, 0.3) is 22.0 Å². The molecule has 1 N–H and O–H groups in total. The molecular weight excluding hydrogens is 344 g/mol. The molecule has 1 heterocycles. The molecule has 0 radical (unpaired) electrons. The van der Waals surface area contributed by atoms with Crippen LogP contribution in [0.1, 0.15) is 47.8 Å². The lowest BCUT2D eigenvalue weighted by atomic mass is 9.87. The third-order valence-electron chi connectivity index (χ3n) is 4.93. The molecule has 3 rings (SSSR count). The number of pyridine rings is 1. The van der Waals surface area contributed by atoms with Gasteiger partial charge in [-0.25, -0.2) is 4.98 Å². The van der Waals surface area contributed by atoms with Crippen molar-refractivity contribution in [3.8, 4) is 11.1 Å². The maximum Gasteiger partial charge on any atom is 0.269 e. The third kappa shape index (κ3) is 3.19. The Labute approximate surface area is 159 Å². The van der Waals surface area contributed by atoms with Gasteiger partial charge in [-0.05, 0) is 35.1 Å². The highest BCUT2D eigenvalue weighted by Crippen LogP contribution is 2.38. The van der Waals surface area contributed by atoms with Crippen molar-refractivity contribution < 1.29 is 4.79 Å². The predicted molar refractivity (Wildman–Crippen MR) is 109 cm³/mol. The van der Waals surface area contributed by atoms with Gasteiger partial charge in [-0.1, -0.05) is 56.3 Å². The molecule has 0 aliphatic rings. The molecule has 0 aliphatic heterocycles. The summed E-state index contributed by atoms with van der Waals surface area (Å²) >= 11 is 6.33. The molecule has 0 saturated carbocycles. The first-order chi connectivity index (χ1) is 12.6. The highest BCUT2D eigenvalue weighted by molar-refractivity contribution is 6.19. The van der Waals surface area contributed by atoms with Crippen molar-refractivity contribution >= 4 is 28.4 Å². The number of hydrogen-bond donors (Lipinski definition) is 1. The maximum absolute atomic E-state index is 12.5. The molecule has 1 unspecified atom stereocenters. The SMILES string of the molecule is CCC(C)c1cccc2nc(C(=O)NC)c(CCl)c(-c3ccccc3)c12. The first-order valence-electron chi connectivity index (χ1n) is 8.91. The van der Waals surface area contributed by atoms with Crippen LogP contribution in [0.2, 0.25) is 0 Å². The van der Waals surface area contributed by atoms with E-state index in [1.165, 1.54) is 5.56 Å². The molecule has 0 fully saturated rings. The first-order valence-corrected chi connectivity index (χ1v) is 9.44. The maximum atomic E-state index is 12.5. The quantitative estimate of drug-likeness (QED) is 0.604. The number of nitrogens with zero attached hydrogens (tertiary/aromatic N) is 1. The van der Waals surface area contributed by atoms with Crippen molar-refractivity contribution in [3.05, 3.63) is 65.4 Å². The van der Waals surface area contributed by atoms with Gasteiger partial charge in [-0.15, -0.1) is 11.6 Å². The lowest BCUT2D eigenvalue weighted by Gasteiger charge is -2.20. The summed E-state index contributed by atoms with van der Waals surface area (Å²) in [7, 11) is 1.62. The van der Waals surface area contributed by atoms with Crippen LogP contribution in [0, 0.1) is 0 Å². The van der Waals surface area contributed by atoms with Gasteiger partial charge in [0, 0.05) is 18.0 Å². The molecule has 0 bridgehead atoms. The second-order valence-electron chi connectivity index (χ2n) is 6.44. The van der Waals surface area contributed by atoms with Crippen molar-refractivity contribution in [2.45, 2.75) is 32.1 Å². The second-order valence-corrected chi connectivity index (χ2v) is 6.71. The highest BCUT2D eigenvalue weighted by Gasteiger charge is 2.22. The Bertz CT molecular complexity index is 938. The monoisotopic (exact) mass is 366 g/mol. The number of halogens is 1. The molecule has 3 aromatic rings. The topological polar surface area (TPSA) is 42.0 Å². The van der Waals surface area contributed by atoms with Gasteiger partial charge < -0.3 is 5.32 Å². The molecule has 1 atom stereocenters. The number of amides is 1. The van der Waals surface area contributed by atoms with Crippen LogP contribution in [0.3, 0.4) is 0 Å². The van der Waals surface area contributed by atoms with Crippen LogP contribution < -0.4 is 5.32 Å². The van der Waals surface area contributed by atoms with E-state index in [0.717, 1.165) is 34.0 Å². The third-order valence-corrected chi connectivity index (χ3v) is 5.19. The van der Waals surface area contributed by atoms with Crippen LogP contribution in [0.15, 0.2) is 48.5 Å². The van der Waals surface area contributed by atoms with E-state index in [2.05, 4.69) is 42.3 Å². The lowest BCUT2D eigenvalue weighted by molar-refractivity contribution is 0.0958. The number of nitrogens with one attached hydrogen (secondary N) is 1. The number of hydrogen-bond acceptors (Lipinski definition) is 2. The van der Waals surface area contributed by atoms with E-state index in [9.17, 15) is 4.79 Å². The normalized spacial score (nSPS) is 12.2. The zero-order valence-corrected chi connectivity index (χ0v) is 16.1. The zero-order valence-electron chi connectivity index (χ0n) is 15.3. The summed E-state index contributed by atoms with van der Waals surface area (Å²) in [6.45, 7) is 4.40. The average Bonchev–Trinajstić information content (AvgIpc) is 2.71. The van der Waals surface area contributed by atoms with Crippen molar-refractivity contribution in [2.24, 2.45) is 0 Å². The molecule has 3 nitrogen and oxygen atoms in total. The van der Waals surface area contributed by atoms with Crippen molar-refractivity contribution in [1.82, 2.24) is 10.3 Å². The number of benzene rings is 2. The van der Waals surface area contributed by atoms with Crippen LogP contribution in [0.5, 0.6) is 0 Å². The van der Waals surface area contributed by atoms with E-state index < -0.39 is 0 Å². The Morgan fingerprint density at radius 1 is 1.15 bits per heavy atom. The van der Waals surface area contributed by atoms with Crippen molar-refractivity contribution in [2.75, 3.05) is 7.05 Å². The van der Waals surface area contributed by atoms with Gasteiger partial charge in [0.1, 0.15) is 5.69 Å². The second kappa shape index (κ2) is 7.88. The van der Waals surface area contributed by atoms with Gasteiger partial charge in [0.25, 0.3) is 5.91 Å². The van der Waals surface area contributed by atoms with E-state index in [-0.39, 0.29) is 11.8 Å². The number of rotatable bonds is 5. The Kier molecular flexibility index (Phi) is 5.58. The number of carbonyl (C=O) groups excluding carboxylic acids is 1. The summed E-state index contributed by atoms with van der Waals surface area (Å²) in [6, 6.07) is 16.3. The summed E-state index contributed by atoms with van der Waals surface area (Å²) in [4.78, 5) is 17.1. The smallest absolute Gasteiger partial charge is 0.269 e. The first kappa shape index (κ1) is 18.4. The Morgan fingerprint density at radius 2 is 1.88 bits per heavy atom. The number of carbonyl (C=O) groups is 1. The van der Waals surface area contributed by atoms with E-state index >= 15 is 0 Å². The lowest BCUT2D eigenvalue weighted by Crippen LogP contribution is -2.21. The Hall–Kier alpha value is -2.39. The molecule has 2 aromatic carbocycles. The molecule has 1 aromatic heterocycles. The van der Waals surface area contributed by atoms with E-state index in [1.807, 2.05) is 30.3 Å². The molecule has 0 aliphatic carbocycles. The molecule has 26 heavy (non-hydrogen) atoms. The highest BCUT2D eigenvalue weighted by atomic mass is 35.5. The Morgan fingerprint density at radius 3 is 2.50 bits per heavy atom. The summed E-state index contributed by atoms with van der Waals surface area (Å²) in [5, 5.41) is 3.78. The van der Waals surface area contributed by atoms with Gasteiger partial charge in [-0.2, -0.15) is 0 Å². The molecular formula is C22H23ClN2O. The zero-order chi connectivity index (χ0) is 18.7. The van der Waals surface area contributed by atoms with E-state index in [4.69, 9.17) is 11.6 Å². The van der Waals surface area contributed by atoms with Gasteiger partial charge in [0.2, 0.25) is 0 Å². The van der Waals surface area contributed by atoms with Gasteiger partial charge in [0.05, 0.1) is 11.4 Å². The van der Waals surface area contributed by atoms with E-state index in [1.54, 1.807) is 7.05 Å². The molecule has 4 heteroatoms. The fourth-order valence-corrected chi connectivity index (χ4v) is 3.63. The minimum atomic E-state index is -0.214. The average molecular weight is 367 g/mol.